The lowest BCUT2D eigenvalue weighted by atomic mass is 10.1. The number of nitrogens with one attached hydrogen (secondary N) is 1. The quantitative estimate of drug-likeness (QED) is 0.875. The third kappa shape index (κ3) is 2.88. The highest BCUT2D eigenvalue weighted by Gasteiger charge is 2.23. The minimum Gasteiger partial charge on any atom is -0.310 e. The largest absolute Gasteiger partial charge is 0.310 e. The third-order valence-corrected chi connectivity index (χ3v) is 4.90. The Kier molecular flexibility index (Phi) is 3.67. The van der Waals surface area contributed by atoms with Crippen LogP contribution < -0.4 is 5.32 Å². The summed E-state index contributed by atoms with van der Waals surface area (Å²) in [5, 5.41) is 4.56. The van der Waals surface area contributed by atoms with Crippen molar-refractivity contribution in [1.29, 1.82) is 0 Å². The molecule has 1 saturated carbocycles. The molecule has 1 atom stereocenters. The van der Waals surface area contributed by atoms with Gasteiger partial charge in [-0.3, -0.25) is 0 Å². The highest BCUT2D eigenvalue weighted by molar-refractivity contribution is 7.15. The maximum atomic E-state index is 4.56. The summed E-state index contributed by atoms with van der Waals surface area (Å²) in [7, 11) is 0. The van der Waals surface area contributed by atoms with E-state index in [9.17, 15) is 0 Å². The van der Waals surface area contributed by atoms with E-state index in [0.717, 1.165) is 17.5 Å². The van der Waals surface area contributed by atoms with Gasteiger partial charge >= 0.3 is 0 Å². The van der Waals surface area contributed by atoms with E-state index in [1.807, 2.05) is 6.20 Å². The molecule has 1 fully saturated rings. The van der Waals surface area contributed by atoms with Crippen molar-refractivity contribution in [3.8, 4) is 10.6 Å². The van der Waals surface area contributed by atoms with Gasteiger partial charge in [-0.15, -0.1) is 11.3 Å². The molecular formula is C16H20N2S. The highest BCUT2D eigenvalue weighted by Crippen LogP contribution is 2.40. The first kappa shape index (κ1) is 12.8. The van der Waals surface area contributed by atoms with Crippen molar-refractivity contribution >= 4 is 11.3 Å². The average Bonchev–Trinajstić information content (AvgIpc) is 3.16. The van der Waals surface area contributed by atoms with Crippen LogP contribution >= 0.6 is 11.3 Å². The Labute approximate surface area is 118 Å². The monoisotopic (exact) mass is 272 g/mol. The Bertz CT molecular complexity index is 540. The van der Waals surface area contributed by atoms with Gasteiger partial charge in [0.05, 0.1) is 0 Å². The third-order valence-electron chi connectivity index (χ3n) is 3.67. The molecule has 1 aromatic heterocycles. The van der Waals surface area contributed by atoms with Crippen LogP contribution in [-0.4, -0.2) is 11.5 Å². The summed E-state index contributed by atoms with van der Waals surface area (Å²) in [5.41, 5.74) is 2.73. The fraction of sp³-hybridized carbons (Fsp3) is 0.438. The van der Waals surface area contributed by atoms with E-state index < -0.39 is 0 Å². The van der Waals surface area contributed by atoms with Gasteiger partial charge in [-0.25, -0.2) is 4.98 Å². The lowest BCUT2D eigenvalue weighted by Gasteiger charge is -2.08. The van der Waals surface area contributed by atoms with Crippen LogP contribution in [0.1, 0.15) is 49.1 Å². The second-order valence-corrected chi connectivity index (χ2v) is 6.31. The Morgan fingerprint density at radius 3 is 2.68 bits per heavy atom. The lowest BCUT2D eigenvalue weighted by Crippen LogP contribution is -2.16. The van der Waals surface area contributed by atoms with Crippen LogP contribution in [0, 0.1) is 0 Å². The Morgan fingerprint density at radius 2 is 2.05 bits per heavy atom. The van der Waals surface area contributed by atoms with Gasteiger partial charge in [0.2, 0.25) is 0 Å². The Hall–Kier alpha value is -1.19. The molecule has 1 N–H and O–H groups in total. The summed E-state index contributed by atoms with van der Waals surface area (Å²) in [6.45, 7) is 5.32. The molecule has 1 aliphatic carbocycles. The predicted octanol–water partition coefficient (Wildman–Crippen LogP) is 4.36. The van der Waals surface area contributed by atoms with E-state index in [0.29, 0.717) is 6.04 Å². The van der Waals surface area contributed by atoms with Gasteiger partial charge in [0.25, 0.3) is 0 Å². The lowest BCUT2D eigenvalue weighted by molar-refractivity contribution is 0.606. The van der Waals surface area contributed by atoms with Crippen molar-refractivity contribution in [2.75, 3.05) is 6.54 Å². The fourth-order valence-electron chi connectivity index (χ4n) is 2.34. The molecule has 1 aliphatic rings. The predicted molar refractivity (Wildman–Crippen MR) is 81.6 cm³/mol. The standard InChI is InChI=1S/C16H20N2S/c1-3-17-11(2)15-10-18-16(19-15)14-8-6-13(7-9-14)12-4-5-12/h6-12,17H,3-5H2,1-2H3. The molecule has 0 aliphatic heterocycles. The zero-order valence-electron chi connectivity index (χ0n) is 11.5. The van der Waals surface area contributed by atoms with E-state index >= 15 is 0 Å². The number of aromatic nitrogens is 1. The second-order valence-electron chi connectivity index (χ2n) is 5.24. The summed E-state index contributed by atoms with van der Waals surface area (Å²) >= 11 is 1.79. The van der Waals surface area contributed by atoms with Crippen molar-refractivity contribution in [2.45, 2.75) is 38.6 Å². The van der Waals surface area contributed by atoms with Crippen LogP contribution in [0.4, 0.5) is 0 Å². The minimum atomic E-state index is 0.391. The number of nitrogens with zero attached hydrogens (tertiary/aromatic N) is 1. The summed E-state index contributed by atoms with van der Waals surface area (Å²) in [6.07, 6.45) is 4.73. The van der Waals surface area contributed by atoms with Crippen LogP contribution in [0.15, 0.2) is 30.5 Å². The van der Waals surface area contributed by atoms with Crippen molar-refractivity contribution in [3.63, 3.8) is 0 Å². The first-order valence-electron chi connectivity index (χ1n) is 7.07. The van der Waals surface area contributed by atoms with Crippen LogP contribution in [0.5, 0.6) is 0 Å². The van der Waals surface area contributed by atoms with Gasteiger partial charge in [0.1, 0.15) is 5.01 Å². The highest BCUT2D eigenvalue weighted by atomic mass is 32.1. The van der Waals surface area contributed by atoms with Crippen LogP contribution in [-0.2, 0) is 0 Å². The summed E-state index contributed by atoms with van der Waals surface area (Å²) in [6, 6.07) is 9.35. The van der Waals surface area contributed by atoms with E-state index in [4.69, 9.17) is 0 Å². The van der Waals surface area contributed by atoms with E-state index in [2.05, 4.69) is 48.4 Å². The number of rotatable bonds is 5. The summed E-state index contributed by atoms with van der Waals surface area (Å²) in [4.78, 5) is 5.87. The molecule has 1 unspecified atom stereocenters. The molecule has 2 nitrogen and oxygen atoms in total. The van der Waals surface area contributed by atoms with Gasteiger partial charge < -0.3 is 5.32 Å². The number of benzene rings is 1. The first-order chi connectivity index (χ1) is 9.28. The number of hydrogen-bond acceptors (Lipinski definition) is 3. The van der Waals surface area contributed by atoms with E-state index in [1.165, 1.54) is 28.8 Å². The molecule has 3 heteroatoms. The normalized spacial score (nSPS) is 16.5. The average molecular weight is 272 g/mol. The van der Waals surface area contributed by atoms with Crippen molar-refractivity contribution in [1.82, 2.24) is 10.3 Å². The maximum absolute atomic E-state index is 4.56. The summed E-state index contributed by atoms with van der Waals surface area (Å²) in [5.74, 6) is 0.828. The molecule has 0 saturated heterocycles. The van der Waals surface area contributed by atoms with Crippen LogP contribution in [0.2, 0.25) is 0 Å². The van der Waals surface area contributed by atoms with Crippen LogP contribution in [0.25, 0.3) is 10.6 Å². The molecule has 100 valence electrons. The fourth-order valence-corrected chi connectivity index (χ4v) is 3.29. The SMILES string of the molecule is CCNC(C)c1cnc(-c2ccc(C3CC3)cc2)s1. The van der Waals surface area contributed by atoms with Crippen molar-refractivity contribution in [3.05, 3.63) is 40.9 Å². The number of hydrogen-bond donors (Lipinski definition) is 1. The topological polar surface area (TPSA) is 24.9 Å². The van der Waals surface area contributed by atoms with Gasteiger partial charge in [0.15, 0.2) is 0 Å². The van der Waals surface area contributed by atoms with Gasteiger partial charge in [-0.05, 0) is 37.8 Å². The molecule has 0 bridgehead atoms. The number of thiazole rings is 1. The van der Waals surface area contributed by atoms with Crippen LogP contribution in [0.3, 0.4) is 0 Å². The Balaban J connectivity index is 1.77. The van der Waals surface area contributed by atoms with E-state index in [-0.39, 0.29) is 0 Å². The van der Waals surface area contributed by atoms with Crippen molar-refractivity contribution in [2.24, 2.45) is 0 Å². The van der Waals surface area contributed by atoms with Crippen molar-refractivity contribution < 1.29 is 0 Å². The molecule has 0 radical (unpaired) electrons. The molecule has 19 heavy (non-hydrogen) atoms. The van der Waals surface area contributed by atoms with Gasteiger partial charge in [-0.2, -0.15) is 0 Å². The molecule has 1 aromatic carbocycles. The first-order valence-corrected chi connectivity index (χ1v) is 7.89. The maximum Gasteiger partial charge on any atom is 0.123 e. The molecular weight excluding hydrogens is 252 g/mol. The second kappa shape index (κ2) is 5.43. The molecule has 2 aromatic rings. The minimum absolute atomic E-state index is 0.391. The van der Waals surface area contributed by atoms with Gasteiger partial charge in [-0.1, -0.05) is 31.2 Å². The molecule has 0 spiro atoms. The Morgan fingerprint density at radius 1 is 1.32 bits per heavy atom. The molecule has 0 amide bonds. The zero-order chi connectivity index (χ0) is 13.2. The zero-order valence-corrected chi connectivity index (χ0v) is 12.3. The molecule has 3 rings (SSSR count). The van der Waals surface area contributed by atoms with Gasteiger partial charge in [0, 0.05) is 22.7 Å². The summed E-state index contributed by atoms with van der Waals surface area (Å²) < 4.78 is 0. The molecule has 1 heterocycles. The smallest absolute Gasteiger partial charge is 0.123 e. The van der Waals surface area contributed by atoms with E-state index in [1.54, 1.807) is 11.3 Å².